The lowest BCUT2D eigenvalue weighted by Crippen LogP contribution is -2.12. The number of nitrogens with zero attached hydrogens (tertiary/aromatic N) is 4. The second-order valence-corrected chi connectivity index (χ2v) is 14.8. The topological polar surface area (TPSA) is 128 Å². The normalized spacial score (nSPS) is 13.7. The van der Waals surface area contributed by atoms with Crippen LogP contribution in [0.25, 0.3) is 32.8 Å². The van der Waals surface area contributed by atoms with Crippen LogP contribution in [0.3, 0.4) is 0 Å². The number of aryl methyl sites for hydroxylation is 3. The van der Waals surface area contributed by atoms with Crippen LogP contribution in [0.15, 0.2) is 70.2 Å². The Bertz CT molecular complexity index is 2120. The number of hydrogen-bond acceptors (Lipinski definition) is 9. The fourth-order valence-electron chi connectivity index (χ4n) is 6.83. The molecule has 0 unspecified atom stereocenters. The number of aliphatic hydroxyl groups is 1. The number of ether oxygens (including phenoxy) is 1. The molecule has 1 aliphatic heterocycles. The van der Waals surface area contributed by atoms with Crippen molar-refractivity contribution in [2.75, 3.05) is 32.3 Å². The predicted octanol–water partition coefficient (Wildman–Crippen LogP) is 7.54. The van der Waals surface area contributed by atoms with Gasteiger partial charge < -0.3 is 25.3 Å². The first-order valence-electron chi connectivity index (χ1n) is 16.7. The minimum atomic E-state index is -0.419. The molecule has 0 aliphatic carbocycles. The number of carbonyl (C=O) groups excluding carboxylic acids is 1. The first-order valence-corrected chi connectivity index (χ1v) is 19.2. The quantitative estimate of drug-likeness (QED) is 0.0644. The van der Waals surface area contributed by atoms with Crippen LogP contribution in [0.4, 0.5) is 0 Å². The zero-order chi connectivity index (χ0) is 35.4. The number of benzene rings is 3. The Kier molecular flexibility index (Phi) is 11.5. The SMILES string of the molecule is CN=C(/C=C(\N)CSCc1nn2c(c1-c1c(Cl)ccc3c(CCCO)c(C(=O)OC)n(C)c13)CCCC2)CSc1cc(O)c2ccccc2c1. The van der Waals surface area contributed by atoms with Gasteiger partial charge in [0.15, 0.2) is 0 Å². The van der Waals surface area contributed by atoms with Gasteiger partial charge in [-0.25, -0.2) is 4.79 Å². The highest BCUT2D eigenvalue weighted by Gasteiger charge is 2.29. The van der Waals surface area contributed by atoms with Gasteiger partial charge in [-0.1, -0.05) is 41.9 Å². The summed E-state index contributed by atoms with van der Waals surface area (Å²) >= 11 is 10.3. The number of aromatic nitrogens is 3. The van der Waals surface area contributed by atoms with E-state index in [1.807, 2.05) is 54.1 Å². The van der Waals surface area contributed by atoms with Gasteiger partial charge in [-0.3, -0.25) is 9.67 Å². The van der Waals surface area contributed by atoms with Gasteiger partial charge in [0.1, 0.15) is 11.4 Å². The summed E-state index contributed by atoms with van der Waals surface area (Å²) in [6, 6.07) is 15.5. The molecule has 0 spiro atoms. The fourth-order valence-corrected chi connectivity index (χ4v) is 8.83. The number of thioether (sulfide) groups is 2. The maximum atomic E-state index is 13.1. The minimum absolute atomic E-state index is 0.0206. The summed E-state index contributed by atoms with van der Waals surface area (Å²) in [4.78, 5) is 18.5. The van der Waals surface area contributed by atoms with Gasteiger partial charge >= 0.3 is 5.97 Å². The molecule has 0 saturated heterocycles. The van der Waals surface area contributed by atoms with Crippen LogP contribution in [0, 0.1) is 0 Å². The number of halogens is 1. The van der Waals surface area contributed by atoms with E-state index in [0.29, 0.717) is 46.5 Å². The fraction of sp³-hybridized carbons (Fsp3) is 0.342. The molecule has 0 saturated carbocycles. The van der Waals surface area contributed by atoms with Crippen LogP contribution in [-0.2, 0) is 36.9 Å². The number of fused-ring (bicyclic) bond motifs is 3. The monoisotopic (exact) mass is 731 g/mol. The zero-order valence-corrected chi connectivity index (χ0v) is 30.9. The summed E-state index contributed by atoms with van der Waals surface area (Å²) in [6.45, 7) is 0.862. The number of carbonyl (C=O) groups is 1. The second-order valence-electron chi connectivity index (χ2n) is 12.4. The number of rotatable bonds is 13. The van der Waals surface area contributed by atoms with E-state index in [1.54, 1.807) is 36.6 Å². The first-order chi connectivity index (χ1) is 24.2. The third-order valence-electron chi connectivity index (χ3n) is 9.13. The largest absolute Gasteiger partial charge is 0.507 e. The van der Waals surface area contributed by atoms with Gasteiger partial charge in [-0.05, 0) is 67.3 Å². The molecule has 3 heterocycles. The summed E-state index contributed by atoms with van der Waals surface area (Å²) in [6.07, 6.45) is 6.00. The number of methoxy groups -OCH3 is 1. The van der Waals surface area contributed by atoms with Crippen LogP contribution in [0.2, 0.25) is 5.02 Å². The Balaban J connectivity index is 1.25. The molecular formula is C38H42ClN5O4S2. The number of aromatic hydroxyl groups is 1. The molecule has 12 heteroatoms. The summed E-state index contributed by atoms with van der Waals surface area (Å²) in [7, 11) is 5.03. The highest BCUT2D eigenvalue weighted by atomic mass is 35.5. The molecule has 1 aliphatic rings. The summed E-state index contributed by atoms with van der Waals surface area (Å²) in [5.74, 6) is 1.67. The van der Waals surface area contributed by atoms with Crippen molar-refractivity contribution in [3.05, 3.63) is 88.0 Å². The third kappa shape index (κ3) is 7.28. The number of allylic oxidation sites excluding steroid dienone is 1. The number of phenolic OH excluding ortho intramolecular Hbond substituents is 1. The average Bonchev–Trinajstić information content (AvgIpc) is 3.62. The van der Waals surface area contributed by atoms with Crippen molar-refractivity contribution in [2.45, 2.75) is 49.3 Å². The molecule has 5 aromatic rings. The summed E-state index contributed by atoms with van der Waals surface area (Å²) in [5, 5.41) is 28.6. The van der Waals surface area contributed by atoms with Gasteiger partial charge in [-0.2, -0.15) is 5.10 Å². The summed E-state index contributed by atoms with van der Waals surface area (Å²) in [5.41, 5.74) is 14.3. The predicted molar refractivity (Wildman–Crippen MR) is 207 cm³/mol. The van der Waals surface area contributed by atoms with Gasteiger partial charge in [0.05, 0.1) is 23.3 Å². The standard InChI is InChI=1S/C38H42ClN5O4S2/c1-41-25(21-50-26-17-23-9-4-5-10-27(23)33(46)19-26)18-24(40)20-49-22-31-35(32-12-6-7-15-44(32)42-31)34-30(39)14-13-29-28(11-8-16-45)37(38(47)48-3)43(2)36(29)34/h4-5,9-10,13-14,17-19,45-46H,6-8,11-12,15-16,20-22,40H2,1-3H3/b24-18-,41-25?. The molecule has 0 radical (unpaired) electrons. The highest BCUT2D eigenvalue weighted by Crippen LogP contribution is 2.44. The molecule has 0 amide bonds. The van der Waals surface area contributed by atoms with Crippen LogP contribution >= 0.6 is 35.1 Å². The van der Waals surface area contributed by atoms with Crippen molar-refractivity contribution in [2.24, 2.45) is 17.8 Å². The van der Waals surface area contributed by atoms with Gasteiger partial charge in [0, 0.05) is 88.4 Å². The van der Waals surface area contributed by atoms with E-state index in [4.69, 9.17) is 27.2 Å². The smallest absolute Gasteiger partial charge is 0.354 e. The van der Waals surface area contributed by atoms with Crippen molar-refractivity contribution in [1.29, 1.82) is 0 Å². The number of hydrogen-bond donors (Lipinski definition) is 3. The lowest BCUT2D eigenvalue weighted by atomic mass is 9.95. The molecule has 0 atom stereocenters. The maximum absolute atomic E-state index is 13.1. The van der Waals surface area contributed by atoms with Crippen molar-refractivity contribution < 1.29 is 19.7 Å². The molecular weight excluding hydrogens is 690 g/mol. The van der Waals surface area contributed by atoms with E-state index >= 15 is 0 Å². The first kappa shape index (κ1) is 35.9. The Morgan fingerprint density at radius 1 is 1.14 bits per heavy atom. The molecule has 0 bridgehead atoms. The Morgan fingerprint density at radius 2 is 1.96 bits per heavy atom. The van der Waals surface area contributed by atoms with Crippen LogP contribution < -0.4 is 5.73 Å². The number of esters is 1. The molecule has 2 aromatic heterocycles. The van der Waals surface area contributed by atoms with Crippen molar-refractivity contribution >= 4 is 68.5 Å². The lowest BCUT2D eigenvalue weighted by molar-refractivity contribution is 0.0589. The Labute approximate surface area is 305 Å². The van der Waals surface area contributed by atoms with Gasteiger partial charge in [-0.15, -0.1) is 23.5 Å². The van der Waals surface area contributed by atoms with Crippen molar-refractivity contribution in [3.8, 4) is 16.9 Å². The van der Waals surface area contributed by atoms with Gasteiger partial charge in [0.25, 0.3) is 0 Å². The number of nitrogens with two attached hydrogens (primary N) is 1. The molecule has 6 rings (SSSR count). The van der Waals surface area contributed by atoms with Gasteiger partial charge in [0.2, 0.25) is 0 Å². The van der Waals surface area contributed by atoms with Crippen LogP contribution in [0.5, 0.6) is 5.75 Å². The number of phenols is 1. The molecule has 0 fully saturated rings. The van der Waals surface area contributed by atoms with Crippen LogP contribution in [-0.4, -0.2) is 68.5 Å². The van der Waals surface area contributed by atoms with E-state index in [1.165, 1.54) is 7.11 Å². The maximum Gasteiger partial charge on any atom is 0.354 e. The second kappa shape index (κ2) is 16.0. The third-order valence-corrected chi connectivity index (χ3v) is 11.5. The molecule has 3 aromatic carbocycles. The lowest BCUT2D eigenvalue weighted by Gasteiger charge is -2.16. The Hall–Kier alpha value is -3.90. The summed E-state index contributed by atoms with van der Waals surface area (Å²) < 4.78 is 9.21. The molecule has 9 nitrogen and oxygen atoms in total. The van der Waals surface area contributed by atoms with Crippen molar-refractivity contribution in [1.82, 2.24) is 14.3 Å². The molecule has 262 valence electrons. The van der Waals surface area contributed by atoms with E-state index < -0.39 is 5.97 Å². The van der Waals surface area contributed by atoms with E-state index in [2.05, 4.69) is 15.7 Å². The molecule has 50 heavy (non-hydrogen) atoms. The van der Waals surface area contributed by atoms with Crippen molar-refractivity contribution in [3.63, 3.8) is 0 Å². The minimum Gasteiger partial charge on any atom is -0.507 e. The van der Waals surface area contributed by atoms with E-state index in [0.717, 1.165) is 86.2 Å². The van der Waals surface area contributed by atoms with E-state index in [9.17, 15) is 15.0 Å². The Morgan fingerprint density at radius 3 is 2.74 bits per heavy atom. The molecule has 4 N–H and O–H groups in total. The zero-order valence-electron chi connectivity index (χ0n) is 28.5. The average molecular weight is 732 g/mol. The van der Waals surface area contributed by atoms with Crippen LogP contribution in [0.1, 0.15) is 46.7 Å². The highest BCUT2D eigenvalue weighted by molar-refractivity contribution is 8.00. The number of aliphatic hydroxyl groups excluding tert-OH is 1. The van der Waals surface area contributed by atoms with E-state index in [-0.39, 0.29) is 12.4 Å². The number of aliphatic imine (C=N–C) groups is 1.